The lowest BCUT2D eigenvalue weighted by molar-refractivity contribution is -0.140. The van der Waals surface area contributed by atoms with Gasteiger partial charge < -0.3 is 14.9 Å². The number of hydrogen-bond acceptors (Lipinski definition) is 6. The fourth-order valence-corrected chi connectivity index (χ4v) is 6.37. The van der Waals surface area contributed by atoms with E-state index in [4.69, 9.17) is 0 Å². The molecule has 0 aliphatic carbocycles. The van der Waals surface area contributed by atoms with Crippen molar-refractivity contribution in [2.24, 2.45) is 5.92 Å². The first-order valence-corrected chi connectivity index (χ1v) is 14.4. The number of alkyl halides is 3. The second-order valence-corrected chi connectivity index (χ2v) is 11.4. The number of carbonyl (C=O) groups excluding carboxylic acids is 3. The minimum absolute atomic E-state index is 0.0307. The van der Waals surface area contributed by atoms with Crippen LogP contribution >= 0.6 is 0 Å². The molecule has 0 unspecified atom stereocenters. The molecule has 43 heavy (non-hydrogen) atoms. The van der Waals surface area contributed by atoms with E-state index in [2.05, 4.69) is 4.98 Å². The molecule has 3 amide bonds. The monoisotopic (exact) mass is 592 g/mol. The van der Waals surface area contributed by atoms with Crippen molar-refractivity contribution in [3.63, 3.8) is 0 Å². The number of rotatable bonds is 5. The van der Waals surface area contributed by atoms with Gasteiger partial charge in [0.25, 0.3) is 11.8 Å². The second-order valence-electron chi connectivity index (χ2n) is 11.4. The Hall–Kier alpha value is -4.25. The molecule has 11 heteroatoms. The van der Waals surface area contributed by atoms with E-state index in [-0.39, 0.29) is 61.7 Å². The molecule has 0 radical (unpaired) electrons. The molecular formula is C32H31F3N4O4. The summed E-state index contributed by atoms with van der Waals surface area (Å²) in [6, 6.07) is 15.4. The largest absolute Gasteiger partial charge is 0.416 e. The summed E-state index contributed by atoms with van der Waals surface area (Å²) in [7, 11) is 0. The molecule has 0 spiro atoms. The topological polar surface area (TPSA) is 94.1 Å². The predicted molar refractivity (Wildman–Crippen MR) is 151 cm³/mol. The molecule has 1 aromatic heterocycles. The van der Waals surface area contributed by atoms with Crippen molar-refractivity contribution >= 4 is 23.4 Å². The van der Waals surface area contributed by atoms with Crippen molar-refractivity contribution in [2.75, 3.05) is 31.1 Å². The molecule has 8 nitrogen and oxygen atoms in total. The van der Waals surface area contributed by atoms with E-state index in [1.54, 1.807) is 41.4 Å². The number of aromatic nitrogens is 1. The Bertz CT molecular complexity index is 1550. The van der Waals surface area contributed by atoms with Crippen LogP contribution in [0.5, 0.6) is 0 Å². The standard InChI is InChI=1S/C32H31F3N4O4/c33-32(34,35)23-6-3-5-22(19-23)31(43)12-17-38(18-13-31)28(40)21-10-15-37(16-11-21)26-9-4-8-25-27(26)30(42)39(29(25)41)20-24-7-1-2-14-36-24/h1-9,14,19,21,43H,10-13,15-18,20H2. The van der Waals surface area contributed by atoms with Gasteiger partial charge >= 0.3 is 6.18 Å². The molecule has 1 N–H and O–H groups in total. The zero-order valence-electron chi connectivity index (χ0n) is 23.4. The molecule has 0 atom stereocenters. The van der Waals surface area contributed by atoms with Crippen molar-refractivity contribution in [3.8, 4) is 0 Å². The average Bonchev–Trinajstić information content (AvgIpc) is 3.26. The average molecular weight is 593 g/mol. The van der Waals surface area contributed by atoms with Gasteiger partial charge in [0.15, 0.2) is 0 Å². The Morgan fingerprint density at radius 2 is 1.65 bits per heavy atom. The number of amides is 3. The van der Waals surface area contributed by atoms with Crippen molar-refractivity contribution in [3.05, 3.63) is 94.8 Å². The van der Waals surface area contributed by atoms with E-state index in [9.17, 15) is 32.7 Å². The lowest BCUT2D eigenvalue weighted by atomic mass is 9.83. The smallest absolute Gasteiger partial charge is 0.385 e. The molecule has 4 heterocycles. The summed E-state index contributed by atoms with van der Waals surface area (Å²) in [5.74, 6) is -0.989. The summed E-state index contributed by atoms with van der Waals surface area (Å²) in [4.78, 5) is 49.1. The summed E-state index contributed by atoms with van der Waals surface area (Å²) in [6.07, 6.45) is -1.47. The van der Waals surface area contributed by atoms with E-state index in [0.717, 1.165) is 12.1 Å². The van der Waals surface area contributed by atoms with Gasteiger partial charge in [0.2, 0.25) is 5.91 Å². The van der Waals surface area contributed by atoms with Crippen LogP contribution in [0.2, 0.25) is 0 Å². The molecule has 0 saturated carbocycles. The number of anilines is 1. The highest BCUT2D eigenvalue weighted by Crippen LogP contribution is 2.38. The third kappa shape index (κ3) is 5.49. The molecule has 0 bridgehead atoms. The number of aliphatic hydroxyl groups is 1. The van der Waals surface area contributed by atoms with Gasteiger partial charge in [-0.05, 0) is 67.6 Å². The van der Waals surface area contributed by atoms with Crippen LogP contribution in [0, 0.1) is 5.92 Å². The van der Waals surface area contributed by atoms with Crippen LogP contribution in [0.25, 0.3) is 0 Å². The fraction of sp³-hybridized carbons (Fsp3) is 0.375. The third-order valence-corrected chi connectivity index (χ3v) is 8.84. The first kappa shape index (κ1) is 28.9. The van der Waals surface area contributed by atoms with E-state index in [1.807, 2.05) is 11.0 Å². The molecule has 2 aromatic carbocycles. The lowest BCUT2D eigenvalue weighted by Crippen LogP contribution is -2.49. The van der Waals surface area contributed by atoms with Gasteiger partial charge in [0.05, 0.1) is 40.2 Å². The summed E-state index contributed by atoms with van der Waals surface area (Å²) in [5, 5.41) is 11.2. The summed E-state index contributed by atoms with van der Waals surface area (Å²) in [5.41, 5.74) is 0.00262. The number of pyridine rings is 1. The molecular weight excluding hydrogens is 561 g/mol. The molecule has 6 rings (SSSR count). The van der Waals surface area contributed by atoms with Crippen LogP contribution in [0.15, 0.2) is 66.9 Å². The Kier molecular flexibility index (Phi) is 7.45. The van der Waals surface area contributed by atoms with Crippen LogP contribution in [0.4, 0.5) is 18.9 Å². The van der Waals surface area contributed by atoms with Gasteiger partial charge in [-0.25, -0.2) is 0 Å². The number of benzene rings is 2. The quantitative estimate of drug-likeness (QED) is 0.435. The van der Waals surface area contributed by atoms with Crippen LogP contribution in [-0.2, 0) is 23.1 Å². The number of imide groups is 1. The number of fused-ring (bicyclic) bond motifs is 1. The Morgan fingerprint density at radius 1 is 0.930 bits per heavy atom. The van der Waals surface area contributed by atoms with Crippen LogP contribution in [0.1, 0.15) is 63.2 Å². The lowest BCUT2D eigenvalue weighted by Gasteiger charge is -2.41. The van der Waals surface area contributed by atoms with E-state index in [1.165, 1.54) is 17.0 Å². The third-order valence-electron chi connectivity index (χ3n) is 8.84. The molecule has 224 valence electrons. The first-order chi connectivity index (χ1) is 20.5. The number of nitrogens with zero attached hydrogens (tertiary/aromatic N) is 4. The summed E-state index contributed by atoms with van der Waals surface area (Å²) in [6.45, 7) is 1.64. The molecule has 2 saturated heterocycles. The van der Waals surface area contributed by atoms with Gasteiger partial charge in [0, 0.05) is 38.3 Å². The van der Waals surface area contributed by atoms with Gasteiger partial charge in [-0.2, -0.15) is 13.2 Å². The fourth-order valence-electron chi connectivity index (χ4n) is 6.37. The van der Waals surface area contributed by atoms with Crippen molar-refractivity contribution in [2.45, 2.75) is 44.0 Å². The molecule has 2 fully saturated rings. The van der Waals surface area contributed by atoms with Gasteiger partial charge in [-0.3, -0.25) is 24.3 Å². The highest BCUT2D eigenvalue weighted by atomic mass is 19.4. The first-order valence-electron chi connectivity index (χ1n) is 14.4. The maximum atomic E-state index is 13.4. The maximum absolute atomic E-state index is 13.4. The number of hydrogen-bond donors (Lipinski definition) is 1. The number of carbonyl (C=O) groups is 3. The van der Waals surface area contributed by atoms with Crippen LogP contribution in [0.3, 0.4) is 0 Å². The predicted octanol–water partition coefficient (Wildman–Crippen LogP) is 4.62. The van der Waals surface area contributed by atoms with Gasteiger partial charge in [0.1, 0.15) is 0 Å². The number of likely N-dealkylation sites (tertiary alicyclic amines) is 1. The SMILES string of the molecule is O=C(C1CCN(c2cccc3c2C(=O)N(Cc2ccccn2)C3=O)CC1)N1CCC(O)(c2cccc(C(F)(F)F)c2)CC1. The van der Waals surface area contributed by atoms with E-state index < -0.39 is 17.3 Å². The van der Waals surface area contributed by atoms with Crippen molar-refractivity contribution in [1.82, 2.24) is 14.8 Å². The highest BCUT2D eigenvalue weighted by Gasteiger charge is 2.41. The molecule has 3 aliphatic heterocycles. The van der Waals surface area contributed by atoms with Crippen molar-refractivity contribution < 1.29 is 32.7 Å². The summed E-state index contributed by atoms with van der Waals surface area (Å²) >= 11 is 0. The normalized spacial score (nSPS) is 19.1. The minimum Gasteiger partial charge on any atom is -0.385 e. The Morgan fingerprint density at radius 3 is 2.33 bits per heavy atom. The zero-order chi connectivity index (χ0) is 30.4. The summed E-state index contributed by atoms with van der Waals surface area (Å²) < 4.78 is 39.6. The zero-order valence-corrected chi connectivity index (χ0v) is 23.4. The van der Waals surface area contributed by atoms with E-state index in [0.29, 0.717) is 48.4 Å². The Labute approximate surface area is 246 Å². The van der Waals surface area contributed by atoms with Crippen LogP contribution < -0.4 is 4.90 Å². The highest BCUT2D eigenvalue weighted by molar-refractivity contribution is 6.23. The molecule has 3 aliphatic rings. The molecule has 3 aromatic rings. The van der Waals surface area contributed by atoms with E-state index >= 15 is 0 Å². The number of halogens is 3. The minimum atomic E-state index is -4.50. The van der Waals surface area contributed by atoms with Crippen molar-refractivity contribution in [1.29, 1.82) is 0 Å². The second kappa shape index (κ2) is 11.1. The van der Waals surface area contributed by atoms with Gasteiger partial charge in [-0.1, -0.05) is 24.3 Å². The Balaban J connectivity index is 1.08. The van der Waals surface area contributed by atoms with Crippen LogP contribution in [-0.4, -0.2) is 63.8 Å². The number of piperidine rings is 2. The maximum Gasteiger partial charge on any atom is 0.416 e. The van der Waals surface area contributed by atoms with Gasteiger partial charge in [-0.15, -0.1) is 0 Å².